The molecule has 0 nitrogen and oxygen atoms in total. The first kappa shape index (κ1) is 15.5. The van der Waals surface area contributed by atoms with Crippen LogP contribution in [0.3, 0.4) is 0 Å². The summed E-state index contributed by atoms with van der Waals surface area (Å²) >= 11 is 6.27. The van der Waals surface area contributed by atoms with Crippen LogP contribution in [-0.4, -0.2) is 7.38 Å². The molecule has 0 saturated carbocycles. The maximum absolute atomic E-state index is 6.27. The van der Waals surface area contributed by atoms with Crippen molar-refractivity contribution < 1.29 is 0 Å². The second-order valence-electron chi connectivity index (χ2n) is 5.30. The topological polar surface area (TPSA) is 0 Å². The lowest BCUT2D eigenvalue weighted by molar-refractivity contribution is 0.571. The molecular formula is C13H29ClSi. The third-order valence-electron chi connectivity index (χ3n) is 2.87. The molecule has 0 aliphatic carbocycles. The zero-order valence-corrected chi connectivity index (χ0v) is 12.7. The van der Waals surface area contributed by atoms with E-state index in [2.05, 4.69) is 20.0 Å². The molecule has 0 aromatic carbocycles. The molecule has 2 heteroatoms. The first-order chi connectivity index (χ1) is 7.06. The highest BCUT2D eigenvalue weighted by molar-refractivity contribution is 7.19. The molecular weight excluding hydrogens is 220 g/mol. The van der Waals surface area contributed by atoms with Gasteiger partial charge in [-0.3, -0.25) is 0 Å². The fourth-order valence-corrected chi connectivity index (χ4v) is 3.35. The zero-order chi connectivity index (χ0) is 11.6. The number of hydrogen-bond donors (Lipinski definition) is 0. The second kappa shape index (κ2) is 9.71. The van der Waals surface area contributed by atoms with Gasteiger partial charge in [0, 0.05) is 0 Å². The van der Waals surface area contributed by atoms with Crippen LogP contribution in [0, 0.1) is 0 Å². The Balaban J connectivity index is 2.99. The van der Waals surface area contributed by atoms with Crippen LogP contribution in [0.5, 0.6) is 0 Å². The molecule has 0 aliphatic rings. The third kappa shape index (κ3) is 14.5. The van der Waals surface area contributed by atoms with E-state index in [1.807, 2.05) is 0 Å². The Morgan fingerprint density at radius 2 is 1.13 bits per heavy atom. The fraction of sp³-hybridized carbons (Fsp3) is 1.00. The van der Waals surface area contributed by atoms with Crippen LogP contribution >= 0.6 is 11.1 Å². The van der Waals surface area contributed by atoms with Crippen molar-refractivity contribution in [2.75, 3.05) is 0 Å². The molecule has 0 unspecified atom stereocenters. The van der Waals surface area contributed by atoms with Crippen LogP contribution < -0.4 is 0 Å². The van der Waals surface area contributed by atoms with E-state index < -0.39 is 7.38 Å². The van der Waals surface area contributed by atoms with E-state index in [9.17, 15) is 0 Å². The summed E-state index contributed by atoms with van der Waals surface area (Å²) in [6, 6.07) is 1.30. The van der Waals surface area contributed by atoms with Crippen molar-refractivity contribution in [2.24, 2.45) is 0 Å². The average molecular weight is 249 g/mol. The van der Waals surface area contributed by atoms with Crippen LogP contribution in [0.1, 0.15) is 64.7 Å². The number of rotatable bonds is 10. The smallest absolute Gasteiger partial charge is 0.150 e. The van der Waals surface area contributed by atoms with Gasteiger partial charge in [0.15, 0.2) is 0 Å². The second-order valence-corrected chi connectivity index (χ2v) is 12.3. The van der Waals surface area contributed by atoms with Gasteiger partial charge >= 0.3 is 0 Å². The molecule has 92 valence electrons. The molecule has 0 rings (SSSR count). The van der Waals surface area contributed by atoms with Crippen molar-refractivity contribution in [1.82, 2.24) is 0 Å². The van der Waals surface area contributed by atoms with E-state index in [1.165, 1.54) is 63.8 Å². The van der Waals surface area contributed by atoms with Crippen molar-refractivity contribution in [3.63, 3.8) is 0 Å². The molecule has 0 heterocycles. The average Bonchev–Trinajstić information content (AvgIpc) is 2.14. The Morgan fingerprint density at radius 1 is 0.733 bits per heavy atom. The van der Waals surface area contributed by atoms with E-state index in [0.717, 1.165) is 0 Å². The van der Waals surface area contributed by atoms with Gasteiger partial charge in [0.2, 0.25) is 0 Å². The van der Waals surface area contributed by atoms with Crippen LogP contribution in [0.4, 0.5) is 0 Å². The molecule has 0 aliphatic heterocycles. The normalized spacial score (nSPS) is 12.0. The summed E-state index contributed by atoms with van der Waals surface area (Å²) in [4.78, 5) is 0. The number of hydrogen-bond acceptors (Lipinski definition) is 0. The fourth-order valence-electron chi connectivity index (χ4n) is 1.86. The molecule has 15 heavy (non-hydrogen) atoms. The summed E-state index contributed by atoms with van der Waals surface area (Å²) < 4.78 is 0. The molecule has 0 radical (unpaired) electrons. The molecule has 0 amide bonds. The molecule has 0 N–H and O–H groups in total. The van der Waals surface area contributed by atoms with E-state index in [-0.39, 0.29) is 0 Å². The van der Waals surface area contributed by atoms with E-state index in [0.29, 0.717) is 0 Å². The maximum atomic E-state index is 6.27. The quantitative estimate of drug-likeness (QED) is 0.254. The number of unbranched alkanes of at least 4 members (excludes halogenated alkanes) is 8. The summed E-state index contributed by atoms with van der Waals surface area (Å²) in [5, 5.41) is 0. The summed E-state index contributed by atoms with van der Waals surface area (Å²) in [6.07, 6.45) is 12.7. The highest BCUT2D eigenvalue weighted by atomic mass is 35.6. The first-order valence-corrected chi connectivity index (χ1v) is 11.0. The predicted molar refractivity (Wildman–Crippen MR) is 75.4 cm³/mol. The van der Waals surface area contributed by atoms with Gasteiger partial charge in [-0.05, 0) is 6.04 Å². The first-order valence-electron chi connectivity index (χ1n) is 6.75. The highest BCUT2D eigenvalue weighted by Gasteiger charge is 2.15. The SMILES string of the molecule is CCCCCCCCCCC[Si](C)(C)Cl. The van der Waals surface area contributed by atoms with Crippen molar-refractivity contribution in [3.8, 4) is 0 Å². The van der Waals surface area contributed by atoms with Gasteiger partial charge in [-0.2, -0.15) is 11.1 Å². The molecule has 0 aromatic rings. The van der Waals surface area contributed by atoms with Crippen molar-refractivity contribution in [2.45, 2.75) is 83.8 Å². The molecule has 0 aromatic heterocycles. The van der Waals surface area contributed by atoms with Crippen LogP contribution in [0.15, 0.2) is 0 Å². The Hall–Kier alpha value is 0.507. The van der Waals surface area contributed by atoms with E-state index >= 15 is 0 Å². The van der Waals surface area contributed by atoms with E-state index in [1.54, 1.807) is 0 Å². The monoisotopic (exact) mass is 248 g/mol. The Kier molecular flexibility index (Phi) is 10.0. The van der Waals surface area contributed by atoms with Gasteiger partial charge in [0.1, 0.15) is 7.38 Å². The Bertz CT molecular complexity index is 129. The maximum Gasteiger partial charge on any atom is 0.150 e. The summed E-state index contributed by atoms with van der Waals surface area (Å²) in [7, 11) is -1.27. The van der Waals surface area contributed by atoms with Gasteiger partial charge in [-0.15, -0.1) is 0 Å². The lowest BCUT2D eigenvalue weighted by Gasteiger charge is -2.11. The summed E-state index contributed by atoms with van der Waals surface area (Å²) in [6.45, 7) is 6.77. The Morgan fingerprint density at radius 3 is 1.53 bits per heavy atom. The van der Waals surface area contributed by atoms with Crippen molar-refractivity contribution >= 4 is 18.5 Å². The minimum atomic E-state index is -1.27. The Labute approximate surface area is 103 Å². The third-order valence-corrected chi connectivity index (χ3v) is 4.98. The van der Waals surface area contributed by atoms with Crippen LogP contribution in [0.25, 0.3) is 0 Å². The standard InChI is InChI=1S/C13H29ClSi/c1-4-5-6-7-8-9-10-11-12-13-15(2,3)14/h4-13H2,1-3H3. The van der Waals surface area contributed by atoms with E-state index in [4.69, 9.17) is 11.1 Å². The van der Waals surface area contributed by atoms with Gasteiger partial charge in [-0.25, -0.2) is 0 Å². The van der Waals surface area contributed by atoms with Gasteiger partial charge in [0.25, 0.3) is 0 Å². The van der Waals surface area contributed by atoms with Gasteiger partial charge < -0.3 is 0 Å². The minimum Gasteiger partial charge on any atom is -0.168 e. The molecule has 0 fully saturated rings. The van der Waals surface area contributed by atoms with Crippen molar-refractivity contribution in [3.05, 3.63) is 0 Å². The lowest BCUT2D eigenvalue weighted by Crippen LogP contribution is -2.14. The lowest BCUT2D eigenvalue weighted by atomic mass is 10.1. The minimum absolute atomic E-state index is 1.27. The molecule has 0 saturated heterocycles. The van der Waals surface area contributed by atoms with Gasteiger partial charge in [0.05, 0.1) is 0 Å². The predicted octanol–water partition coefficient (Wildman–Crippen LogP) is 5.96. The zero-order valence-electron chi connectivity index (χ0n) is 10.9. The van der Waals surface area contributed by atoms with Crippen LogP contribution in [0.2, 0.25) is 19.1 Å². The largest absolute Gasteiger partial charge is 0.168 e. The molecule has 0 bridgehead atoms. The van der Waals surface area contributed by atoms with Gasteiger partial charge in [-0.1, -0.05) is 77.8 Å². The summed E-state index contributed by atoms with van der Waals surface area (Å²) in [5.74, 6) is 0. The van der Waals surface area contributed by atoms with Crippen molar-refractivity contribution in [1.29, 1.82) is 0 Å². The molecule has 0 spiro atoms. The highest BCUT2D eigenvalue weighted by Crippen LogP contribution is 2.19. The van der Waals surface area contributed by atoms with Crippen LogP contribution in [-0.2, 0) is 0 Å². The summed E-state index contributed by atoms with van der Waals surface area (Å²) in [5.41, 5.74) is 0. The molecule has 0 atom stereocenters. The number of halogens is 1.